The highest BCUT2D eigenvalue weighted by atomic mass is 16.5. The van der Waals surface area contributed by atoms with E-state index in [2.05, 4.69) is 13.8 Å². The maximum atomic E-state index is 5.23. The fourth-order valence-corrected chi connectivity index (χ4v) is 0.336. The van der Waals surface area contributed by atoms with Crippen LogP contribution < -0.4 is 0 Å². The van der Waals surface area contributed by atoms with Crippen molar-refractivity contribution in [2.75, 3.05) is 0 Å². The van der Waals surface area contributed by atoms with Crippen molar-refractivity contribution >= 4 is 0 Å². The van der Waals surface area contributed by atoms with Crippen molar-refractivity contribution in [2.45, 2.75) is 40.2 Å². The molecule has 0 atom stereocenters. The molecule has 1 nitrogen and oxygen atoms in total. The Morgan fingerprint density at radius 3 is 2.44 bits per heavy atom. The molecule has 0 aliphatic heterocycles. The Balaban J connectivity index is 3.43. The Hall–Kier alpha value is -0.460. The minimum Gasteiger partial charge on any atom is -0.499 e. The summed E-state index contributed by atoms with van der Waals surface area (Å²) in [5.41, 5.74) is 1.30. The van der Waals surface area contributed by atoms with Gasteiger partial charge in [-0.05, 0) is 32.8 Å². The van der Waals surface area contributed by atoms with Gasteiger partial charge < -0.3 is 4.74 Å². The molecule has 0 amide bonds. The highest BCUT2D eigenvalue weighted by Crippen LogP contribution is 1.99. The minimum atomic E-state index is 0.312. The van der Waals surface area contributed by atoms with Crippen molar-refractivity contribution in [3.05, 3.63) is 11.8 Å². The Kier molecular flexibility index (Phi) is 4.20. The van der Waals surface area contributed by atoms with Gasteiger partial charge in [0.1, 0.15) is 0 Å². The summed E-state index contributed by atoms with van der Waals surface area (Å²) in [6.45, 7) is 8.25. The predicted molar refractivity (Wildman–Crippen MR) is 40.3 cm³/mol. The first kappa shape index (κ1) is 8.54. The average molecular weight is 128 g/mol. The third-order valence-corrected chi connectivity index (χ3v) is 1.10. The van der Waals surface area contributed by atoms with Crippen molar-refractivity contribution < 1.29 is 4.74 Å². The second kappa shape index (κ2) is 4.42. The van der Waals surface area contributed by atoms with Crippen LogP contribution in [0.1, 0.15) is 34.1 Å². The molecule has 0 rings (SSSR count). The predicted octanol–water partition coefficient (Wildman–Crippen LogP) is 2.73. The smallest absolute Gasteiger partial charge is 0.0922 e. The van der Waals surface area contributed by atoms with Crippen LogP contribution in [-0.2, 0) is 4.74 Å². The van der Waals surface area contributed by atoms with Crippen LogP contribution in [0.25, 0.3) is 0 Å². The Labute approximate surface area is 57.7 Å². The maximum Gasteiger partial charge on any atom is 0.0922 e. The summed E-state index contributed by atoms with van der Waals surface area (Å²) in [5, 5.41) is 0. The molecule has 0 aliphatic rings. The van der Waals surface area contributed by atoms with Crippen LogP contribution in [0, 0.1) is 0 Å². The summed E-state index contributed by atoms with van der Waals surface area (Å²) in [6, 6.07) is 0. The van der Waals surface area contributed by atoms with Gasteiger partial charge in [-0.1, -0.05) is 6.92 Å². The normalized spacial score (nSPS) is 12.3. The summed E-state index contributed by atoms with van der Waals surface area (Å²) in [6.07, 6.45) is 3.23. The van der Waals surface area contributed by atoms with E-state index in [9.17, 15) is 0 Å². The molecule has 0 unspecified atom stereocenters. The van der Waals surface area contributed by atoms with Crippen LogP contribution in [0.3, 0.4) is 0 Å². The van der Waals surface area contributed by atoms with Crippen LogP contribution in [0.5, 0.6) is 0 Å². The quantitative estimate of drug-likeness (QED) is 0.531. The van der Waals surface area contributed by atoms with E-state index >= 15 is 0 Å². The van der Waals surface area contributed by atoms with Gasteiger partial charge in [-0.15, -0.1) is 0 Å². The molecule has 0 aromatic carbocycles. The van der Waals surface area contributed by atoms with Gasteiger partial charge in [-0.3, -0.25) is 0 Å². The standard InChI is InChI=1S/C8H16O/c1-5-8(4)6-9-7(2)3/h6-7H,5H2,1-4H3/b8-6+. The lowest BCUT2D eigenvalue weighted by molar-refractivity contribution is 0.176. The zero-order chi connectivity index (χ0) is 7.28. The molecule has 0 fully saturated rings. The molecule has 0 aromatic rings. The van der Waals surface area contributed by atoms with Crippen molar-refractivity contribution in [2.24, 2.45) is 0 Å². The van der Waals surface area contributed by atoms with Crippen LogP contribution in [0.15, 0.2) is 11.8 Å². The van der Waals surface area contributed by atoms with E-state index in [0.717, 1.165) is 6.42 Å². The summed E-state index contributed by atoms with van der Waals surface area (Å²) in [7, 11) is 0. The van der Waals surface area contributed by atoms with Gasteiger partial charge in [0.05, 0.1) is 12.4 Å². The van der Waals surface area contributed by atoms with Gasteiger partial charge in [-0.25, -0.2) is 0 Å². The molecule has 0 heterocycles. The monoisotopic (exact) mass is 128 g/mol. The van der Waals surface area contributed by atoms with Gasteiger partial charge >= 0.3 is 0 Å². The lowest BCUT2D eigenvalue weighted by Gasteiger charge is -2.04. The van der Waals surface area contributed by atoms with E-state index in [1.807, 2.05) is 20.1 Å². The highest BCUT2D eigenvalue weighted by molar-refractivity contribution is 4.91. The second-order valence-corrected chi connectivity index (χ2v) is 2.50. The summed E-state index contributed by atoms with van der Waals surface area (Å²) >= 11 is 0. The van der Waals surface area contributed by atoms with E-state index in [1.54, 1.807) is 0 Å². The van der Waals surface area contributed by atoms with Crippen molar-refractivity contribution in [3.63, 3.8) is 0 Å². The van der Waals surface area contributed by atoms with Crippen LogP contribution in [0.4, 0.5) is 0 Å². The van der Waals surface area contributed by atoms with Gasteiger partial charge in [0.15, 0.2) is 0 Å². The molecule has 54 valence electrons. The molecule has 0 bridgehead atoms. The minimum absolute atomic E-state index is 0.312. The molecule has 0 aromatic heterocycles. The number of hydrogen-bond donors (Lipinski definition) is 0. The maximum absolute atomic E-state index is 5.23. The fourth-order valence-electron chi connectivity index (χ4n) is 0.336. The topological polar surface area (TPSA) is 9.23 Å². The average Bonchev–Trinajstić information content (AvgIpc) is 1.83. The summed E-state index contributed by atoms with van der Waals surface area (Å²) in [5.74, 6) is 0. The van der Waals surface area contributed by atoms with Gasteiger partial charge in [-0.2, -0.15) is 0 Å². The van der Waals surface area contributed by atoms with Crippen molar-refractivity contribution in [3.8, 4) is 0 Å². The zero-order valence-electron chi connectivity index (χ0n) is 6.77. The molecule has 1 heteroatoms. The van der Waals surface area contributed by atoms with E-state index in [1.165, 1.54) is 5.57 Å². The third-order valence-electron chi connectivity index (χ3n) is 1.10. The summed E-state index contributed by atoms with van der Waals surface area (Å²) < 4.78 is 5.23. The zero-order valence-corrected chi connectivity index (χ0v) is 6.77. The molecule has 0 radical (unpaired) electrons. The van der Waals surface area contributed by atoms with Crippen molar-refractivity contribution in [1.29, 1.82) is 0 Å². The largest absolute Gasteiger partial charge is 0.499 e. The third kappa shape index (κ3) is 5.41. The fraction of sp³-hybridized carbons (Fsp3) is 0.750. The lowest BCUT2D eigenvalue weighted by atomic mass is 10.3. The first-order chi connectivity index (χ1) is 4.16. The summed E-state index contributed by atoms with van der Waals surface area (Å²) in [4.78, 5) is 0. The van der Waals surface area contributed by atoms with E-state index in [4.69, 9.17) is 4.74 Å². The molecule has 0 N–H and O–H groups in total. The van der Waals surface area contributed by atoms with Gasteiger partial charge in [0, 0.05) is 0 Å². The number of rotatable bonds is 3. The van der Waals surface area contributed by atoms with Gasteiger partial charge in [0.2, 0.25) is 0 Å². The first-order valence-corrected chi connectivity index (χ1v) is 3.48. The highest BCUT2D eigenvalue weighted by Gasteiger charge is 1.87. The number of hydrogen-bond acceptors (Lipinski definition) is 1. The Morgan fingerprint density at radius 1 is 1.56 bits per heavy atom. The second-order valence-electron chi connectivity index (χ2n) is 2.50. The van der Waals surface area contributed by atoms with Crippen LogP contribution in [-0.4, -0.2) is 6.10 Å². The van der Waals surface area contributed by atoms with Gasteiger partial charge in [0.25, 0.3) is 0 Å². The SMILES string of the molecule is CC/C(C)=C/OC(C)C. The number of allylic oxidation sites excluding steroid dienone is 1. The Morgan fingerprint density at radius 2 is 2.11 bits per heavy atom. The molecule has 9 heavy (non-hydrogen) atoms. The molecule has 0 saturated carbocycles. The molecular weight excluding hydrogens is 112 g/mol. The lowest BCUT2D eigenvalue weighted by Crippen LogP contribution is -1.95. The molecule has 0 aliphatic carbocycles. The Bertz CT molecular complexity index is 92.7. The molecule has 0 spiro atoms. The number of ether oxygens (including phenoxy) is 1. The van der Waals surface area contributed by atoms with Crippen molar-refractivity contribution in [1.82, 2.24) is 0 Å². The molecular formula is C8H16O. The first-order valence-electron chi connectivity index (χ1n) is 3.48. The van der Waals surface area contributed by atoms with E-state index < -0.39 is 0 Å². The van der Waals surface area contributed by atoms with Crippen LogP contribution in [0.2, 0.25) is 0 Å². The van der Waals surface area contributed by atoms with E-state index in [-0.39, 0.29) is 0 Å². The molecule has 0 saturated heterocycles. The van der Waals surface area contributed by atoms with E-state index in [0.29, 0.717) is 6.10 Å². The van der Waals surface area contributed by atoms with Crippen LogP contribution >= 0.6 is 0 Å².